The molecule has 2 fully saturated rings. The Bertz CT molecular complexity index is 1330. The number of nitriles is 1. The van der Waals surface area contributed by atoms with E-state index in [2.05, 4.69) is 37.5 Å². The van der Waals surface area contributed by atoms with Crippen LogP contribution in [0.1, 0.15) is 31.2 Å². The number of piperidine rings is 1. The highest BCUT2D eigenvalue weighted by Crippen LogP contribution is 2.32. The molecule has 2 saturated heterocycles. The van der Waals surface area contributed by atoms with E-state index in [0.717, 1.165) is 60.7 Å². The summed E-state index contributed by atoms with van der Waals surface area (Å²) in [6.45, 7) is 2.43. The minimum Gasteiger partial charge on any atom is -0.341 e. The fourth-order valence-electron chi connectivity index (χ4n) is 4.94. The van der Waals surface area contributed by atoms with Crippen molar-refractivity contribution < 1.29 is 4.79 Å². The summed E-state index contributed by atoms with van der Waals surface area (Å²) < 4.78 is 0.913. The second-order valence-corrected chi connectivity index (χ2v) is 10.6. The van der Waals surface area contributed by atoms with E-state index in [9.17, 15) is 10.1 Å². The quantitative estimate of drug-likeness (QED) is 0.455. The SMILES string of the molecule is CN(C(=O)C1CCCN1)C1CCN(c2nc(Nc3ccc(Cl)cc3C#N)c3cc(Br)ccc3n2)CC1. The summed E-state index contributed by atoms with van der Waals surface area (Å²) in [5.41, 5.74) is 1.88. The first-order chi connectivity index (χ1) is 17.4. The number of anilines is 3. The van der Waals surface area contributed by atoms with E-state index < -0.39 is 0 Å². The van der Waals surface area contributed by atoms with Crippen LogP contribution < -0.4 is 15.5 Å². The van der Waals surface area contributed by atoms with Gasteiger partial charge in [0.05, 0.1) is 22.8 Å². The fourth-order valence-corrected chi connectivity index (χ4v) is 5.48. The predicted octanol–water partition coefficient (Wildman–Crippen LogP) is 4.84. The molecule has 2 N–H and O–H groups in total. The Kier molecular flexibility index (Phi) is 7.28. The highest BCUT2D eigenvalue weighted by Gasteiger charge is 2.31. The molecule has 2 aliphatic heterocycles. The number of fused-ring (bicyclic) bond motifs is 1. The third-order valence-electron chi connectivity index (χ3n) is 7.00. The Hall–Kier alpha value is -2.93. The molecule has 1 aromatic heterocycles. The van der Waals surface area contributed by atoms with Gasteiger partial charge in [-0.05, 0) is 68.6 Å². The van der Waals surface area contributed by atoms with Crippen molar-refractivity contribution in [2.45, 2.75) is 37.8 Å². The molecule has 2 aliphatic rings. The van der Waals surface area contributed by atoms with Gasteiger partial charge in [-0.25, -0.2) is 4.98 Å². The first kappa shape index (κ1) is 24.8. The lowest BCUT2D eigenvalue weighted by molar-refractivity contribution is -0.134. The molecule has 8 nitrogen and oxygen atoms in total. The van der Waals surface area contributed by atoms with E-state index in [1.165, 1.54) is 0 Å². The van der Waals surface area contributed by atoms with E-state index in [4.69, 9.17) is 21.6 Å². The zero-order valence-electron chi connectivity index (χ0n) is 20.0. The summed E-state index contributed by atoms with van der Waals surface area (Å²) in [5, 5.41) is 17.6. The third kappa shape index (κ3) is 5.12. The number of aromatic nitrogens is 2. The van der Waals surface area contributed by atoms with Crippen LogP contribution in [0.25, 0.3) is 10.9 Å². The Morgan fingerprint density at radius 3 is 2.75 bits per heavy atom. The minimum absolute atomic E-state index is 0.0454. The van der Waals surface area contributed by atoms with E-state index in [1.54, 1.807) is 18.2 Å². The molecule has 186 valence electrons. The third-order valence-corrected chi connectivity index (χ3v) is 7.73. The molecule has 1 unspecified atom stereocenters. The predicted molar refractivity (Wildman–Crippen MR) is 146 cm³/mol. The van der Waals surface area contributed by atoms with Gasteiger partial charge >= 0.3 is 0 Å². The number of hydrogen-bond acceptors (Lipinski definition) is 7. The summed E-state index contributed by atoms with van der Waals surface area (Å²) in [7, 11) is 1.92. The van der Waals surface area contributed by atoms with E-state index in [1.807, 2.05) is 30.1 Å². The van der Waals surface area contributed by atoms with Gasteiger partial charge in [0.15, 0.2) is 0 Å². The molecule has 10 heteroatoms. The van der Waals surface area contributed by atoms with Gasteiger partial charge in [0.1, 0.15) is 11.9 Å². The van der Waals surface area contributed by atoms with Gasteiger partial charge in [-0.3, -0.25) is 4.79 Å². The molecule has 5 rings (SSSR count). The van der Waals surface area contributed by atoms with Crippen molar-refractivity contribution in [1.29, 1.82) is 5.26 Å². The number of likely N-dealkylation sites (N-methyl/N-ethyl adjacent to an activating group) is 1. The number of nitrogens with one attached hydrogen (secondary N) is 2. The monoisotopic (exact) mass is 567 g/mol. The number of carbonyl (C=O) groups is 1. The molecule has 3 heterocycles. The van der Waals surface area contributed by atoms with E-state index >= 15 is 0 Å². The van der Waals surface area contributed by atoms with Crippen molar-refractivity contribution in [3.63, 3.8) is 0 Å². The first-order valence-corrected chi connectivity index (χ1v) is 13.3. The van der Waals surface area contributed by atoms with Crippen molar-refractivity contribution in [2.75, 3.05) is 36.9 Å². The van der Waals surface area contributed by atoms with Gasteiger partial charge in [-0.15, -0.1) is 0 Å². The molecular formula is C26H27BrClN7O. The average molecular weight is 569 g/mol. The lowest BCUT2D eigenvalue weighted by Crippen LogP contribution is -2.50. The van der Waals surface area contributed by atoms with Crippen LogP contribution in [0.3, 0.4) is 0 Å². The Morgan fingerprint density at radius 1 is 1.22 bits per heavy atom. The van der Waals surface area contributed by atoms with Crippen molar-refractivity contribution in [2.24, 2.45) is 0 Å². The van der Waals surface area contributed by atoms with E-state index in [-0.39, 0.29) is 18.0 Å². The van der Waals surface area contributed by atoms with E-state index in [0.29, 0.717) is 28.0 Å². The number of hydrogen-bond donors (Lipinski definition) is 2. The summed E-state index contributed by atoms with van der Waals surface area (Å²) >= 11 is 9.63. The van der Waals surface area contributed by atoms with Crippen LogP contribution in [-0.2, 0) is 4.79 Å². The second-order valence-electron chi connectivity index (χ2n) is 9.28. The topological polar surface area (TPSA) is 97.2 Å². The van der Waals surface area contributed by atoms with Crippen LogP contribution in [0, 0.1) is 11.3 Å². The van der Waals surface area contributed by atoms with Crippen molar-refractivity contribution in [3.05, 3.63) is 51.5 Å². The molecule has 0 aliphatic carbocycles. The molecule has 0 bridgehead atoms. The number of nitrogens with zero attached hydrogens (tertiary/aromatic N) is 5. The number of rotatable bonds is 5. The fraction of sp³-hybridized carbons (Fsp3) is 0.385. The van der Waals surface area contributed by atoms with Crippen LogP contribution >= 0.6 is 27.5 Å². The normalized spacial score (nSPS) is 18.3. The first-order valence-electron chi connectivity index (χ1n) is 12.1. The lowest BCUT2D eigenvalue weighted by atomic mass is 10.0. The highest BCUT2D eigenvalue weighted by atomic mass is 79.9. The molecule has 3 aromatic rings. The van der Waals surface area contributed by atoms with Gasteiger partial charge in [-0.2, -0.15) is 10.2 Å². The molecule has 1 atom stereocenters. The smallest absolute Gasteiger partial charge is 0.239 e. The second kappa shape index (κ2) is 10.6. The molecule has 36 heavy (non-hydrogen) atoms. The molecule has 0 saturated carbocycles. The molecule has 0 radical (unpaired) electrons. The van der Waals surface area contributed by atoms with Crippen molar-refractivity contribution >= 4 is 61.8 Å². The Morgan fingerprint density at radius 2 is 2.03 bits per heavy atom. The maximum absolute atomic E-state index is 12.8. The average Bonchev–Trinajstić information content (AvgIpc) is 3.44. The maximum atomic E-state index is 12.8. The number of halogens is 2. The Labute approximate surface area is 223 Å². The molecular weight excluding hydrogens is 542 g/mol. The number of amides is 1. The zero-order chi connectivity index (χ0) is 25.2. The van der Waals surface area contributed by atoms with Crippen LogP contribution in [0.5, 0.6) is 0 Å². The Balaban J connectivity index is 1.38. The van der Waals surface area contributed by atoms with Crippen molar-refractivity contribution in [1.82, 2.24) is 20.2 Å². The summed E-state index contributed by atoms with van der Waals surface area (Å²) in [6.07, 6.45) is 3.69. The maximum Gasteiger partial charge on any atom is 0.239 e. The molecule has 2 aromatic carbocycles. The van der Waals surface area contributed by atoms with Crippen molar-refractivity contribution in [3.8, 4) is 6.07 Å². The van der Waals surface area contributed by atoms with Gasteiger partial charge < -0.3 is 20.4 Å². The standard InChI is InChI=1S/C26H27BrClN7O/c1-34(25(36)23-3-2-10-30-23)19-8-11-35(12-9-19)26-32-22-6-4-17(27)14-20(22)24(33-26)31-21-7-5-18(28)13-16(21)15-29/h4-7,13-14,19,23,30H,2-3,8-12H2,1H3,(H,31,32,33). The summed E-state index contributed by atoms with van der Waals surface area (Å²) in [6, 6.07) is 13.4. The number of benzene rings is 2. The number of carbonyl (C=O) groups excluding carboxylic acids is 1. The molecule has 0 spiro atoms. The van der Waals surface area contributed by atoms with Crippen LogP contribution in [0.4, 0.5) is 17.5 Å². The summed E-state index contributed by atoms with van der Waals surface area (Å²) in [4.78, 5) is 26.7. The van der Waals surface area contributed by atoms with Crippen LogP contribution in [-0.4, -0.2) is 59.5 Å². The van der Waals surface area contributed by atoms with Gasteiger partial charge in [0.2, 0.25) is 11.9 Å². The minimum atomic E-state index is -0.0454. The van der Waals surface area contributed by atoms with Gasteiger partial charge in [-0.1, -0.05) is 27.5 Å². The zero-order valence-corrected chi connectivity index (χ0v) is 22.3. The van der Waals surface area contributed by atoms with Crippen LogP contribution in [0.2, 0.25) is 5.02 Å². The van der Waals surface area contributed by atoms with Gasteiger partial charge in [0.25, 0.3) is 0 Å². The largest absolute Gasteiger partial charge is 0.341 e. The van der Waals surface area contributed by atoms with Crippen LogP contribution in [0.15, 0.2) is 40.9 Å². The summed E-state index contributed by atoms with van der Waals surface area (Å²) in [5.74, 6) is 1.45. The molecule has 1 amide bonds. The van der Waals surface area contributed by atoms with Gasteiger partial charge in [0, 0.05) is 41.1 Å². The lowest BCUT2D eigenvalue weighted by Gasteiger charge is -2.37. The highest BCUT2D eigenvalue weighted by molar-refractivity contribution is 9.10.